The molecule has 0 saturated heterocycles. The van der Waals surface area contributed by atoms with Crippen LogP contribution in [0.5, 0.6) is 0 Å². The van der Waals surface area contributed by atoms with E-state index in [9.17, 15) is 0 Å². The third-order valence-electron chi connectivity index (χ3n) is 5.96. The fraction of sp³-hybridized carbons (Fsp3) is 0.0588. The van der Waals surface area contributed by atoms with Gasteiger partial charge in [0.05, 0.1) is 0 Å². The first kappa shape index (κ1) is 32.3. The summed E-state index contributed by atoms with van der Waals surface area (Å²) in [5, 5.41) is 5.37. The summed E-state index contributed by atoms with van der Waals surface area (Å²) in [5.41, 5.74) is 7.89. The SMILES string of the molecule is Cc1cc2c(-c3ccccc3)cccc2[cH-]1.Cc1cc2c(-c3ccccc3)cccc2[cH-]1.[CH3-].[CH3-].[Cl][Zr]([Cl])=[Ge]. The van der Waals surface area contributed by atoms with Crippen LogP contribution >= 0.6 is 17.0 Å². The Kier molecular flexibility index (Phi) is 13.3. The molecule has 6 aromatic carbocycles. The molecular formula is C34H32Cl2GeZr-4. The average Bonchev–Trinajstić information content (AvgIpc) is 3.45. The molecule has 0 N–H and O–H groups in total. The van der Waals surface area contributed by atoms with Crippen molar-refractivity contribution < 1.29 is 16.2 Å². The Morgan fingerprint density at radius 2 is 0.895 bits per heavy atom. The molecule has 0 nitrogen and oxygen atoms in total. The van der Waals surface area contributed by atoms with E-state index in [1.54, 1.807) is 0 Å². The molecule has 0 aliphatic rings. The van der Waals surface area contributed by atoms with Crippen LogP contribution in [0.2, 0.25) is 0 Å². The minimum atomic E-state index is -1.60. The molecule has 0 amide bonds. The minimum absolute atomic E-state index is 0. The van der Waals surface area contributed by atoms with Gasteiger partial charge < -0.3 is 14.9 Å². The van der Waals surface area contributed by atoms with Gasteiger partial charge in [-0.2, -0.15) is 12.1 Å². The second-order valence-corrected chi connectivity index (χ2v) is 29.6. The Labute approximate surface area is 248 Å². The molecule has 0 aliphatic heterocycles. The summed E-state index contributed by atoms with van der Waals surface area (Å²) >= 11 is 0.295. The number of benzene rings is 4. The van der Waals surface area contributed by atoms with Crippen LogP contribution in [0.3, 0.4) is 0 Å². The van der Waals surface area contributed by atoms with Crippen LogP contribution in [0.25, 0.3) is 43.8 Å². The molecule has 6 rings (SSSR count). The van der Waals surface area contributed by atoms with Crippen molar-refractivity contribution in [2.45, 2.75) is 13.8 Å². The molecule has 0 spiro atoms. The van der Waals surface area contributed by atoms with E-state index in [-0.39, 0.29) is 14.9 Å². The Hall–Kier alpha value is -1.89. The molecule has 0 aliphatic carbocycles. The van der Waals surface area contributed by atoms with Gasteiger partial charge in [-0.15, -0.1) is 69.1 Å². The van der Waals surface area contributed by atoms with E-state index in [2.05, 4.69) is 135 Å². The Morgan fingerprint density at radius 1 is 0.553 bits per heavy atom. The zero-order valence-corrected chi connectivity index (χ0v) is 28.4. The molecule has 6 aromatic rings. The van der Waals surface area contributed by atoms with E-state index < -0.39 is 16.2 Å². The third-order valence-corrected chi connectivity index (χ3v) is 5.96. The predicted molar refractivity (Wildman–Crippen MR) is 170 cm³/mol. The van der Waals surface area contributed by atoms with Gasteiger partial charge in [0, 0.05) is 0 Å². The van der Waals surface area contributed by atoms with Crippen LogP contribution in [0.1, 0.15) is 11.1 Å². The van der Waals surface area contributed by atoms with Gasteiger partial charge in [-0.25, -0.2) is 0 Å². The summed E-state index contributed by atoms with van der Waals surface area (Å²) in [6.45, 7) is 4.30. The zero-order valence-electron chi connectivity index (χ0n) is 22.3. The van der Waals surface area contributed by atoms with Crippen LogP contribution < -0.4 is 0 Å². The van der Waals surface area contributed by atoms with E-state index in [1.165, 1.54) is 54.9 Å². The van der Waals surface area contributed by atoms with Gasteiger partial charge in [0.15, 0.2) is 0 Å². The molecule has 38 heavy (non-hydrogen) atoms. The van der Waals surface area contributed by atoms with Gasteiger partial charge in [-0.05, 0) is 11.1 Å². The second-order valence-electron chi connectivity index (χ2n) is 8.67. The maximum atomic E-state index is 5.24. The first-order valence-electron chi connectivity index (χ1n) is 11.7. The molecule has 4 heteroatoms. The van der Waals surface area contributed by atoms with Crippen LogP contribution in [-0.4, -0.2) is 12.1 Å². The fourth-order valence-electron chi connectivity index (χ4n) is 4.51. The van der Waals surface area contributed by atoms with Gasteiger partial charge in [0.1, 0.15) is 0 Å². The monoisotopic (exact) mass is 674 g/mol. The summed E-state index contributed by atoms with van der Waals surface area (Å²) in [5.74, 6) is 0. The van der Waals surface area contributed by atoms with Crippen molar-refractivity contribution in [3.63, 3.8) is 0 Å². The summed E-state index contributed by atoms with van der Waals surface area (Å²) in [7, 11) is 10.5. The van der Waals surface area contributed by atoms with Crippen LogP contribution in [-0.2, 0) is 16.2 Å². The Morgan fingerprint density at radius 3 is 1.24 bits per heavy atom. The van der Waals surface area contributed by atoms with Gasteiger partial charge >= 0.3 is 45.4 Å². The average molecular weight is 675 g/mol. The van der Waals surface area contributed by atoms with Crippen molar-refractivity contribution in [1.82, 2.24) is 0 Å². The van der Waals surface area contributed by atoms with Gasteiger partial charge in [0.25, 0.3) is 0 Å². The van der Waals surface area contributed by atoms with Crippen molar-refractivity contribution in [3.05, 3.63) is 147 Å². The van der Waals surface area contributed by atoms with E-state index in [4.69, 9.17) is 17.0 Å². The van der Waals surface area contributed by atoms with Crippen molar-refractivity contribution >= 4 is 50.7 Å². The standard InChI is InChI=1S/2C16H13.2CH3.2ClH.Ge.Zr/c2*1-12-10-14-8-5-9-15(16(14)11-12)13-6-3-2-4-7-13;;;;;;/h2*2-11H,1H3;2*1H3;2*1H;;/q4*-1;;;;+2/p-2. The van der Waals surface area contributed by atoms with E-state index >= 15 is 0 Å². The first-order valence-corrected chi connectivity index (χ1v) is 25.5. The van der Waals surface area contributed by atoms with Gasteiger partial charge in [0.2, 0.25) is 0 Å². The summed E-state index contributed by atoms with van der Waals surface area (Å²) < 4.78 is 0. The first-order chi connectivity index (χ1) is 17.4. The topological polar surface area (TPSA) is 0 Å². The van der Waals surface area contributed by atoms with Crippen molar-refractivity contribution in [1.29, 1.82) is 0 Å². The van der Waals surface area contributed by atoms with Crippen LogP contribution in [0.15, 0.2) is 121 Å². The number of rotatable bonds is 2. The van der Waals surface area contributed by atoms with Crippen LogP contribution in [0, 0.1) is 28.7 Å². The molecule has 2 radical (unpaired) electrons. The molecule has 194 valence electrons. The molecule has 0 unspecified atom stereocenters. The van der Waals surface area contributed by atoms with Crippen molar-refractivity contribution in [3.8, 4) is 22.3 Å². The number of halogens is 2. The van der Waals surface area contributed by atoms with Crippen molar-refractivity contribution in [2.24, 2.45) is 0 Å². The maximum absolute atomic E-state index is 5.24. The molecule has 0 fully saturated rings. The normalized spacial score (nSPS) is 9.79. The fourth-order valence-corrected chi connectivity index (χ4v) is 4.51. The number of hydrogen-bond donors (Lipinski definition) is 0. The van der Waals surface area contributed by atoms with Crippen LogP contribution in [0.4, 0.5) is 0 Å². The third kappa shape index (κ3) is 8.55. The predicted octanol–water partition coefficient (Wildman–Crippen LogP) is 11.0. The number of hydrogen-bond acceptors (Lipinski definition) is 0. The quantitative estimate of drug-likeness (QED) is 0.127. The van der Waals surface area contributed by atoms with Crippen molar-refractivity contribution in [2.75, 3.05) is 0 Å². The van der Waals surface area contributed by atoms with Gasteiger partial charge in [-0.3, -0.25) is 0 Å². The summed E-state index contributed by atoms with van der Waals surface area (Å²) in [4.78, 5) is 0. The van der Waals surface area contributed by atoms with E-state index in [1.807, 2.05) is 12.1 Å². The second kappa shape index (κ2) is 15.6. The molecule has 0 aromatic heterocycles. The Balaban J connectivity index is 0.000000224. The Bertz CT molecular complexity index is 1460. The molecular weight excluding hydrogens is 643 g/mol. The number of aryl methyl sites for hydroxylation is 2. The molecule has 0 atom stereocenters. The molecule has 0 heterocycles. The van der Waals surface area contributed by atoms with Gasteiger partial charge in [-0.1, -0.05) is 97.8 Å². The summed E-state index contributed by atoms with van der Waals surface area (Å²) in [6.07, 6.45) is 0. The summed E-state index contributed by atoms with van der Waals surface area (Å²) in [6, 6.07) is 43.1. The molecule has 0 bridgehead atoms. The zero-order chi connectivity index (χ0) is 25.5. The number of fused-ring (bicyclic) bond motifs is 2. The van der Waals surface area contributed by atoms with E-state index in [0.29, 0.717) is 0 Å². The molecule has 0 saturated carbocycles. The van der Waals surface area contributed by atoms with E-state index in [0.717, 1.165) is 0 Å².